The molecular formula is C13H13F2N3O2. The smallest absolute Gasteiger partial charge is 0.319 e. The molecule has 20 heavy (non-hydrogen) atoms. The highest BCUT2D eigenvalue weighted by molar-refractivity contribution is 5.95. The van der Waals surface area contributed by atoms with Gasteiger partial charge >= 0.3 is 6.02 Å². The van der Waals surface area contributed by atoms with E-state index < -0.39 is 11.7 Å². The number of amidine groups is 1. The van der Waals surface area contributed by atoms with Gasteiger partial charge in [0.1, 0.15) is 12.4 Å². The van der Waals surface area contributed by atoms with Crippen LogP contribution in [-0.2, 0) is 16.1 Å². The fourth-order valence-electron chi connectivity index (χ4n) is 1.12. The Morgan fingerprint density at radius 3 is 2.60 bits per heavy atom. The molecule has 0 aliphatic carbocycles. The highest BCUT2D eigenvalue weighted by Gasteiger charge is 2.02. The van der Waals surface area contributed by atoms with E-state index in [0.717, 1.165) is 6.21 Å². The van der Waals surface area contributed by atoms with Gasteiger partial charge in [-0.15, -0.1) is 0 Å². The van der Waals surface area contributed by atoms with Crippen molar-refractivity contribution in [2.75, 3.05) is 0 Å². The molecule has 0 radical (unpaired) electrons. The van der Waals surface area contributed by atoms with Crippen molar-refractivity contribution >= 4 is 18.1 Å². The normalized spacial score (nSPS) is 12.8. The number of halogens is 2. The van der Waals surface area contributed by atoms with Gasteiger partial charge in [-0.3, -0.25) is 4.79 Å². The summed E-state index contributed by atoms with van der Waals surface area (Å²) in [5.41, 5.74) is 5.57. The first kappa shape index (κ1) is 15.5. The zero-order valence-electron chi connectivity index (χ0n) is 10.7. The lowest BCUT2D eigenvalue weighted by Gasteiger charge is -2.04. The Morgan fingerprint density at radius 1 is 1.40 bits per heavy atom. The van der Waals surface area contributed by atoms with E-state index >= 15 is 0 Å². The second kappa shape index (κ2) is 7.78. The van der Waals surface area contributed by atoms with Crippen LogP contribution in [-0.4, -0.2) is 18.1 Å². The minimum atomic E-state index is -0.799. The molecule has 0 unspecified atom stereocenters. The van der Waals surface area contributed by atoms with Crippen LogP contribution in [0.3, 0.4) is 0 Å². The number of ether oxygens (including phenoxy) is 1. The van der Waals surface area contributed by atoms with Gasteiger partial charge in [0.2, 0.25) is 5.91 Å². The molecule has 1 aromatic rings. The van der Waals surface area contributed by atoms with E-state index in [1.807, 2.05) is 0 Å². The van der Waals surface area contributed by atoms with Crippen LogP contribution in [0.5, 0.6) is 0 Å². The monoisotopic (exact) mass is 281 g/mol. The number of benzene rings is 1. The molecule has 0 spiro atoms. The van der Waals surface area contributed by atoms with Crippen LogP contribution in [0, 0.1) is 5.82 Å². The Balaban J connectivity index is 2.73. The highest BCUT2D eigenvalue weighted by Crippen LogP contribution is 2.05. The fraction of sp³-hybridized carbons (Fsp3) is 0.154. The summed E-state index contributed by atoms with van der Waals surface area (Å²) in [7, 11) is 0. The molecule has 0 atom stereocenters. The van der Waals surface area contributed by atoms with E-state index in [1.165, 1.54) is 31.2 Å². The second-order valence-electron chi connectivity index (χ2n) is 3.64. The number of rotatable bonds is 3. The number of carbonyl (C=O) groups excluding carboxylic acids is 1. The number of carbonyl (C=O) groups is 1. The molecular weight excluding hydrogens is 268 g/mol. The summed E-state index contributed by atoms with van der Waals surface area (Å²) >= 11 is 0. The van der Waals surface area contributed by atoms with Gasteiger partial charge in [0.25, 0.3) is 0 Å². The molecule has 0 aliphatic heterocycles. The maximum Gasteiger partial charge on any atom is 0.319 e. The molecule has 0 saturated carbocycles. The van der Waals surface area contributed by atoms with E-state index in [-0.39, 0.29) is 18.4 Å². The summed E-state index contributed by atoms with van der Waals surface area (Å²) in [6.45, 7) is 1.21. The molecule has 1 rings (SSSR count). The van der Waals surface area contributed by atoms with Gasteiger partial charge in [0.15, 0.2) is 5.83 Å². The van der Waals surface area contributed by atoms with Crippen molar-refractivity contribution in [3.05, 3.63) is 47.7 Å². The number of nitrogens with zero attached hydrogens (tertiary/aromatic N) is 2. The lowest BCUT2D eigenvalue weighted by Crippen LogP contribution is -2.05. The van der Waals surface area contributed by atoms with Gasteiger partial charge in [-0.25, -0.2) is 13.8 Å². The Kier molecular flexibility index (Phi) is 6.02. The molecule has 106 valence electrons. The molecule has 0 saturated heterocycles. The molecule has 0 bridgehead atoms. The van der Waals surface area contributed by atoms with Gasteiger partial charge in [-0.2, -0.15) is 4.99 Å². The van der Waals surface area contributed by atoms with Gasteiger partial charge in [-0.05, 0) is 17.7 Å². The topological polar surface area (TPSA) is 77.0 Å². The lowest BCUT2D eigenvalue weighted by atomic mass is 10.2. The van der Waals surface area contributed by atoms with Crippen LogP contribution in [0.1, 0.15) is 12.5 Å². The van der Waals surface area contributed by atoms with Gasteiger partial charge in [0.05, 0.1) is 6.21 Å². The SMILES string of the molecule is CC(=O)N=C(/N=C\C(F)=C\N)OCc1ccc(F)cc1. The molecule has 2 N–H and O–H groups in total. The first-order valence-electron chi connectivity index (χ1n) is 5.59. The quantitative estimate of drug-likeness (QED) is 0.680. The number of allylic oxidation sites excluding steroid dienone is 1. The molecule has 0 fully saturated rings. The molecule has 0 aromatic heterocycles. The van der Waals surface area contributed by atoms with Crippen LogP contribution in [0.2, 0.25) is 0 Å². The predicted octanol–water partition coefficient (Wildman–Crippen LogP) is 2.09. The van der Waals surface area contributed by atoms with Crippen molar-refractivity contribution in [1.82, 2.24) is 0 Å². The first-order valence-corrected chi connectivity index (χ1v) is 5.59. The molecule has 0 heterocycles. The minimum absolute atomic E-state index is 0.0116. The number of hydrogen-bond donors (Lipinski definition) is 1. The summed E-state index contributed by atoms with van der Waals surface area (Å²) in [6.07, 6.45) is 1.47. The molecule has 7 heteroatoms. The summed E-state index contributed by atoms with van der Waals surface area (Å²) < 4.78 is 30.6. The van der Waals surface area contributed by atoms with E-state index in [1.54, 1.807) is 0 Å². The van der Waals surface area contributed by atoms with Crippen molar-refractivity contribution in [3.63, 3.8) is 0 Å². The van der Waals surface area contributed by atoms with Crippen LogP contribution >= 0.6 is 0 Å². The average molecular weight is 281 g/mol. The zero-order valence-corrected chi connectivity index (χ0v) is 10.7. The van der Waals surface area contributed by atoms with Crippen LogP contribution < -0.4 is 5.73 Å². The Hall–Kier alpha value is -2.57. The van der Waals surface area contributed by atoms with Gasteiger partial charge < -0.3 is 10.5 Å². The minimum Gasteiger partial charge on any atom is -0.459 e. The maximum atomic E-state index is 12.8. The third-order valence-electron chi connectivity index (χ3n) is 1.99. The maximum absolute atomic E-state index is 12.8. The lowest BCUT2D eigenvalue weighted by molar-refractivity contribution is -0.115. The average Bonchev–Trinajstić information content (AvgIpc) is 2.42. The Morgan fingerprint density at radius 2 is 2.05 bits per heavy atom. The van der Waals surface area contributed by atoms with Crippen LogP contribution in [0.4, 0.5) is 8.78 Å². The Labute approximate surface area is 114 Å². The standard InChI is InChI=1S/C13H13F2N3O2/c1-9(19)18-13(17-7-12(15)6-16)20-8-10-2-4-11(14)5-3-10/h2-7H,8,16H2,1H3/b12-6-,17-7-,18-13?. The van der Waals surface area contributed by atoms with E-state index in [4.69, 9.17) is 10.5 Å². The number of amides is 1. The number of aliphatic imine (C=N–C) groups is 2. The fourth-order valence-corrected chi connectivity index (χ4v) is 1.12. The molecule has 0 aliphatic rings. The van der Waals surface area contributed by atoms with Crippen LogP contribution in [0.15, 0.2) is 46.3 Å². The van der Waals surface area contributed by atoms with Crippen molar-refractivity contribution in [2.24, 2.45) is 15.7 Å². The van der Waals surface area contributed by atoms with Gasteiger partial charge in [0, 0.05) is 13.1 Å². The Bertz CT molecular complexity index is 551. The molecule has 1 aromatic carbocycles. The zero-order chi connectivity index (χ0) is 15.0. The largest absolute Gasteiger partial charge is 0.459 e. The van der Waals surface area contributed by atoms with Crippen LogP contribution in [0.25, 0.3) is 0 Å². The second-order valence-corrected chi connectivity index (χ2v) is 3.64. The van der Waals surface area contributed by atoms with Gasteiger partial charge in [-0.1, -0.05) is 12.1 Å². The number of hydrogen-bond acceptors (Lipinski definition) is 3. The first-order chi connectivity index (χ1) is 9.51. The van der Waals surface area contributed by atoms with Crippen molar-refractivity contribution in [1.29, 1.82) is 0 Å². The van der Waals surface area contributed by atoms with Crippen molar-refractivity contribution < 1.29 is 18.3 Å². The predicted molar refractivity (Wildman–Crippen MR) is 71.2 cm³/mol. The highest BCUT2D eigenvalue weighted by atomic mass is 19.1. The van der Waals surface area contributed by atoms with Crippen molar-refractivity contribution in [2.45, 2.75) is 13.5 Å². The van der Waals surface area contributed by atoms with E-state index in [0.29, 0.717) is 11.8 Å². The summed E-state index contributed by atoms with van der Waals surface area (Å²) in [4.78, 5) is 17.9. The van der Waals surface area contributed by atoms with E-state index in [2.05, 4.69) is 9.98 Å². The number of nitrogens with two attached hydrogens (primary N) is 1. The third kappa shape index (κ3) is 5.85. The summed E-state index contributed by atoms with van der Waals surface area (Å²) in [5, 5.41) is 0. The van der Waals surface area contributed by atoms with E-state index in [9.17, 15) is 13.6 Å². The summed E-state index contributed by atoms with van der Waals surface area (Å²) in [5.74, 6) is -1.72. The third-order valence-corrected chi connectivity index (χ3v) is 1.99. The van der Waals surface area contributed by atoms with Crippen molar-refractivity contribution in [3.8, 4) is 0 Å². The summed E-state index contributed by atoms with van der Waals surface area (Å²) in [6, 6.07) is 5.23. The molecule has 1 amide bonds. The molecule has 5 nitrogen and oxygen atoms in total.